The molecule has 1 aliphatic carbocycles. The minimum Gasteiger partial charge on any atom is -0.352 e. The molecular weight excluding hydrogens is 332 g/mol. The number of benzene rings is 1. The number of amides is 1. The highest BCUT2D eigenvalue weighted by Crippen LogP contribution is 2.24. The van der Waals surface area contributed by atoms with Crippen molar-refractivity contribution in [2.75, 3.05) is 5.75 Å². The average molecular weight is 359 g/mol. The van der Waals surface area contributed by atoms with Crippen LogP contribution in [-0.4, -0.2) is 32.5 Å². The van der Waals surface area contributed by atoms with Gasteiger partial charge in [-0.2, -0.15) is 0 Å². The number of hydrogen-bond acceptors (Lipinski definition) is 4. The van der Waals surface area contributed by atoms with Gasteiger partial charge in [-0.1, -0.05) is 61.9 Å². The van der Waals surface area contributed by atoms with Crippen LogP contribution in [0.3, 0.4) is 0 Å². The highest BCUT2D eigenvalue weighted by molar-refractivity contribution is 7.99. The van der Waals surface area contributed by atoms with Crippen LogP contribution < -0.4 is 5.32 Å². The van der Waals surface area contributed by atoms with E-state index in [9.17, 15) is 4.79 Å². The van der Waals surface area contributed by atoms with Gasteiger partial charge < -0.3 is 9.88 Å². The van der Waals surface area contributed by atoms with Gasteiger partial charge >= 0.3 is 0 Å². The summed E-state index contributed by atoms with van der Waals surface area (Å²) in [6, 6.07) is 10.6. The number of hydrogen-bond donors (Lipinski definition) is 1. The van der Waals surface area contributed by atoms with Gasteiger partial charge in [0.15, 0.2) is 5.16 Å². The molecular formula is C19H26N4OS. The Balaban J connectivity index is 1.57. The summed E-state index contributed by atoms with van der Waals surface area (Å²) in [5.74, 6) is 1.92. The number of aryl methyl sites for hydroxylation is 1. The van der Waals surface area contributed by atoms with Gasteiger partial charge in [0.25, 0.3) is 0 Å². The van der Waals surface area contributed by atoms with Crippen LogP contribution >= 0.6 is 11.8 Å². The number of carbonyl (C=O) groups excluding carboxylic acids is 1. The molecule has 2 atom stereocenters. The van der Waals surface area contributed by atoms with E-state index in [0.717, 1.165) is 23.9 Å². The van der Waals surface area contributed by atoms with Crippen LogP contribution in [0.1, 0.15) is 44.0 Å². The van der Waals surface area contributed by atoms with E-state index in [1.165, 1.54) is 36.6 Å². The molecule has 0 unspecified atom stereocenters. The lowest BCUT2D eigenvalue weighted by Gasteiger charge is -2.29. The van der Waals surface area contributed by atoms with Crippen molar-refractivity contribution in [3.05, 3.63) is 41.7 Å². The zero-order valence-electron chi connectivity index (χ0n) is 14.9. The summed E-state index contributed by atoms with van der Waals surface area (Å²) >= 11 is 1.46. The van der Waals surface area contributed by atoms with Gasteiger partial charge in [0.2, 0.25) is 5.91 Å². The summed E-state index contributed by atoms with van der Waals surface area (Å²) in [5, 5.41) is 12.4. The zero-order chi connectivity index (χ0) is 17.6. The Labute approximate surface area is 153 Å². The summed E-state index contributed by atoms with van der Waals surface area (Å²) in [7, 11) is 0. The van der Waals surface area contributed by atoms with Gasteiger partial charge in [-0.05, 0) is 31.2 Å². The van der Waals surface area contributed by atoms with E-state index in [1.54, 1.807) is 0 Å². The fourth-order valence-electron chi connectivity index (χ4n) is 3.33. The SMILES string of the molecule is Cc1nnc(SCC(=O)N[C@@H]2CCCC[C@H]2C)n1Cc1ccccc1. The molecule has 1 aromatic heterocycles. The minimum atomic E-state index is 0.0932. The van der Waals surface area contributed by atoms with Crippen molar-refractivity contribution in [3.63, 3.8) is 0 Å². The van der Waals surface area contributed by atoms with Crippen LogP contribution in [-0.2, 0) is 11.3 Å². The molecule has 0 spiro atoms. The average Bonchev–Trinajstić information content (AvgIpc) is 2.96. The van der Waals surface area contributed by atoms with Gasteiger partial charge in [-0.25, -0.2) is 0 Å². The molecule has 0 saturated heterocycles. The Morgan fingerprint density at radius 1 is 1.24 bits per heavy atom. The highest BCUT2D eigenvalue weighted by atomic mass is 32.2. The van der Waals surface area contributed by atoms with Crippen molar-refractivity contribution in [3.8, 4) is 0 Å². The number of carbonyl (C=O) groups is 1. The predicted octanol–water partition coefficient (Wildman–Crippen LogP) is 3.42. The number of nitrogens with one attached hydrogen (secondary N) is 1. The van der Waals surface area contributed by atoms with E-state index in [2.05, 4.69) is 39.1 Å². The van der Waals surface area contributed by atoms with Crippen LogP contribution in [0.5, 0.6) is 0 Å². The fourth-order valence-corrected chi connectivity index (χ4v) is 4.12. The Bertz CT molecular complexity index is 701. The molecule has 0 aliphatic heterocycles. The maximum atomic E-state index is 12.3. The molecule has 134 valence electrons. The topological polar surface area (TPSA) is 59.8 Å². The maximum absolute atomic E-state index is 12.3. The molecule has 1 fully saturated rings. The summed E-state index contributed by atoms with van der Waals surface area (Å²) < 4.78 is 2.07. The summed E-state index contributed by atoms with van der Waals surface area (Å²) in [5.41, 5.74) is 1.20. The van der Waals surface area contributed by atoms with Crippen LogP contribution in [0.2, 0.25) is 0 Å². The van der Waals surface area contributed by atoms with E-state index in [4.69, 9.17) is 0 Å². The highest BCUT2D eigenvalue weighted by Gasteiger charge is 2.23. The quantitative estimate of drug-likeness (QED) is 0.804. The normalized spacial score (nSPS) is 20.4. The molecule has 6 heteroatoms. The van der Waals surface area contributed by atoms with Gasteiger partial charge in [-0.3, -0.25) is 4.79 Å². The smallest absolute Gasteiger partial charge is 0.230 e. The zero-order valence-corrected chi connectivity index (χ0v) is 15.8. The molecule has 2 aromatic rings. The Morgan fingerprint density at radius 2 is 2.00 bits per heavy atom. The van der Waals surface area contributed by atoms with Crippen molar-refractivity contribution in [2.24, 2.45) is 5.92 Å². The predicted molar refractivity (Wildman–Crippen MR) is 101 cm³/mol. The van der Waals surface area contributed by atoms with E-state index < -0.39 is 0 Å². The van der Waals surface area contributed by atoms with E-state index >= 15 is 0 Å². The molecule has 3 rings (SSSR count). The van der Waals surface area contributed by atoms with E-state index in [-0.39, 0.29) is 5.91 Å². The Morgan fingerprint density at radius 3 is 2.76 bits per heavy atom. The lowest BCUT2D eigenvalue weighted by molar-refractivity contribution is -0.119. The molecule has 25 heavy (non-hydrogen) atoms. The van der Waals surface area contributed by atoms with Crippen molar-refractivity contribution < 1.29 is 4.79 Å². The third-order valence-electron chi connectivity index (χ3n) is 4.88. The molecule has 0 bridgehead atoms. The van der Waals surface area contributed by atoms with Gasteiger partial charge in [0.1, 0.15) is 5.82 Å². The first-order valence-corrected chi connectivity index (χ1v) is 9.98. The van der Waals surface area contributed by atoms with Crippen molar-refractivity contribution in [1.29, 1.82) is 0 Å². The second-order valence-corrected chi connectivity index (χ2v) is 7.77. The van der Waals surface area contributed by atoms with E-state index in [1.807, 2.05) is 25.1 Å². The number of thioether (sulfide) groups is 1. The summed E-state index contributed by atoms with van der Waals surface area (Å²) in [4.78, 5) is 12.3. The van der Waals surface area contributed by atoms with Crippen LogP contribution in [0.4, 0.5) is 0 Å². The Hall–Kier alpha value is -1.82. The van der Waals surface area contributed by atoms with Crippen LogP contribution in [0.25, 0.3) is 0 Å². The second-order valence-electron chi connectivity index (χ2n) is 6.83. The molecule has 1 amide bonds. The molecule has 1 aromatic carbocycles. The van der Waals surface area contributed by atoms with Crippen molar-refractivity contribution in [1.82, 2.24) is 20.1 Å². The van der Waals surface area contributed by atoms with Crippen molar-refractivity contribution in [2.45, 2.75) is 57.3 Å². The third kappa shape index (κ3) is 4.84. The first-order chi connectivity index (χ1) is 12.1. The largest absolute Gasteiger partial charge is 0.352 e. The number of aromatic nitrogens is 3. The molecule has 1 heterocycles. The van der Waals surface area contributed by atoms with Crippen LogP contribution in [0, 0.1) is 12.8 Å². The number of nitrogens with zero attached hydrogens (tertiary/aromatic N) is 3. The second kappa shape index (κ2) is 8.52. The Kier molecular flexibility index (Phi) is 6.13. The molecule has 5 nitrogen and oxygen atoms in total. The van der Waals surface area contributed by atoms with Gasteiger partial charge in [0.05, 0.1) is 12.3 Å². The van der Waals surface area contributed by atoms with Gasteiger partial charge in [-0.15, -0.1) is 10.2 Å². The first kappa shape index (κ1) is 18.0. The molecule has 1 N–H and O–H groups in total. The summed E-state index contributed by atoms with van der Waals surface area (Å²) in [6.07, 6.45) is 4.81. The lowest BCUT2D eigenvalue weighted by Crippen LogP contribution is -2.41. The van der Waals surface area contributed by atoms with Crippen molar-refractivity contribution >= 4 is 17.7 Å². The lowest BCUT2D eigenvalue weighted by atomic mass is 9.86. The fraction of sp³-hybridized carbons (Fsp3) is 0.526. The monoisotopic (exact) mass is 358 g/mol. The number of rotatable bonds is 6. The minimum absolute atomic E-state index is 0.0932. The first-order valence-electron chi connectivity index (χ1n) is 8.99. The third-order valence-corrected chi connectivity index (χ3v) is 5.84. The van der Waals surface area contributed by atoms with Crippen LogP contribution in [0.15, 0.2) is 35.5 Å². The molecule has 1 aliphatic rings. The maximum Gasteiger partial charge on any atom is 0.230 e. The molecule has 1 saturated carbocycles. The summed E-state index contributed by atoms with van der Waals surface area (Å²) in [6.45, 7) is 4.91. The molecule has 0 radical (unpaired) electrons. The van der Waals surface area contributed by atoms with Gasteiger partial charge in [0, 0.05) is 6.04 Å². The standard InChI is InChI=1S/C19H26N4OS/c1-14-8-6-7-11-17(14)20-18(24)13-25-19-22-21-15(2)23(19)12-16-9-4-3-5-10-16/h3-5,9-10,14,17H,6-8,11-13H2,1-2H3,(H,20,24)/t14-,17-/m1/s1. The van der Waals surface area contributed by atoms with E-state index in [0.29, 0.717) is 17.7 Å².